The second-order valence-electron chi connectivity index (χ2n) is 2.89. The first-order valence-corrected chi connectivity index (χ1v) is 4.13. The molecule has 0 saturated heterocycles. The minimum absolute atomic E-state index is 0.382. The third-order valence-corrected chi connectivity index (χ3v) is 1.93. The fourth-order valence-electron chi connectivity index (χ4n) is 1.24. The molecule has 0 aliphatic carbocycles. The monoisotopic (exact) mass is 191 g/mol. The Balaban J connectivity index is 2.40. The summed E-state index contributed by atoms with van der Waals surface area (Å²) < 4.78 is 10.3. The van der Waals surface area contributed by atoms with Crippen LogP contribution in [0, 0.1) is 0 Å². The standard InChI is InChI=1S/C10H9NO3/c11-10(12)7-1-2-9-8(5-7)6-13-3-4-14-9/h1-5H,6H2,(H2,11,12). The van der Waals surface area contributed by atoms with Crippen LogP contribution in [0.15, 0.2) is 30.7 Å². The van der Waals surface area contributed by atoms with Gasteiger partial charge in [-0.25, -0.2) is 0 Å². The van der Waals surface area contributed by atoms with Crippen LogP contribution in [0.5, 0.6) is 5.75 Å². The lowest BCUT2D eigenvalue weighted by molar-refractivity contribution is 0.1000. The van der Waals surface area contributed by atoms with E-state index in [-0.39, 0.29) is 0 Å². The zero-order valence-electron chi connectivity index (χ0n) is 7.40. The molecule has 0 spiro atoms. The molecule has 4 heteroatoms. The van der Waals surface area contributed by atoms with Crippen molar-refractivity contribution in [2.24, 2.45) is 5.73 Å². The van der Waals surface area contributed by atoms with Crippen molar-refractivity contribution in [2.45, 2.75) is 6.61 Å². The van der Waals surface area contributed by atoms with E-state index in [0.717, 1.165) is 5.56 Å². The molecule has 2 N–H and O–H groups in total. The fraction of sp³-hybridized carbons (Fsp3) is 0.100. The van der Waals surface area contributed by atoms with Gasteiger partial charge in [0.25, 0.3) is 0 Å². The maximum absolute atomic E-state index is 10.9. The Kier molecular flexibility index (Phi) is 2.10. The summed E-state index contributed by atoms with van der Waals surface area (Å²) in [5.41, 5.74) is 6.42. The van der Waals surface area contributed by atoms with Crippen molar-refractivity contribution < 1.29 is 14.3 Å². The van der Waals surface area contributed by atoms with E-state index in [4.69, 9.17) is 15.2 Å². The predicted molar refractivity (Wildman–Crippen MR) is 49.5 cm³/mol. The van der Waals surface area contributed by atoms with E-state index in [1.807, 2.05) is 0 Å². The van der Waals surface area contributed by atoms with Gasteiger partial charge in [0.15, 0.2) is 0 Å². The molecule has 1 aliphatic heterocycles. The third kappa shape index (κ3) is 1.54. The normalized spacial score (nSPS) is 13.4. The van der Waals surface area contributed by atoms with Crippen molar-refractivity contribution >= 4 is 5.91 Å². The molecule has 0 atom stereocenters. The lowest BCUT2D eigenvalue weighted by atomic mass is 10.1. The van der Waals surface area contributed by atoms with Gasteiger partial charge in [0.05, 0.1) is 0 Å². The average molecular weight is 191 g/mol. The van der Waals surface area contributed by atoms with Crippen LogP contribution < -0.4 is 10.5 Å². The minimum atomic E-state index is -0.454. The highest BCUT2D eigenvalue weighted by atomic mass is 16.5. The summed E-state index contributed by atoms with van der Waals surface area (Å²) >= 11 is 0. The highest BCUT2D eigenvalue weighted by molar-refractivity contribution is 5.93. The lowest BCUT2D eigenvalue weighted by Gasteiger charge is -2.05. The number of hydrogen-bond acceptors (Lipinski definition) is 3. The molecule has 0 radical (unpaired) electrons. The van der Waals surface area contributed by atoms with Crippen molar-refractivity contribution in [3.05, 3.63) is 41.9 Å². The summed E-state index contributed by atoms with van der Waals surface area (Å²) in [6.45, 7) is 0.382. The van der Waals surface area contributed by atoms with Crippen LogP contribution in [0.2, 0.25) is 0 Å². The van der Waals surface area contributed by atoms with Crippen LogP contribution in [0.1, 0.15) is 15.9 Å². The van der Waals surface area contributed by atoms with Crippen molar-refractivity contribution in [1.82, 2.24) is 0 Å². The molecule has 4 nitrogen and oxygen atoms in total. The number of ether oxygens (including phenoxy) is 2. The fourth-order valence-corrected chi connectivity index (χ4v) is 1.24. The number of nitrogens with two attached hydrogens (primary N) is 1. The van der Waals surface area contributed by atoms with Crippen molar-refractivity contribution in [1.29, 1.82) is 0 Å². The first-order chi connectivity index (χ1) is 6.77. The largest absolute Gasteiger partial charge is 0.493 e. The Labute approximate surface area is 80.9 Å². The number of rotatable bonds is 1. The first kappa shape index (κ1) is 8.62. The molecule has 0 bridgehead atoms. The highest BCUT2D eigenvalue weighted by Gasteiger charge is 2.09. The molecule has 0 unspecified atom stereocenters. The molecule has 14 heavy (non-hydrogen) atoms. The average Bonchev–Trinajstić information content (AvgIpc) is 2.41. The molecule has 1 aromatic carbocycles. The molecule has 0 fully saturated rings. The zero-order valence-corrected chi connectivity index (χ0v) is 7.40. The van der Waals surface area contributed by atoms with E-state index in [0.29, 0.717) is 17.9 Å². The molecule has 1 heterocycles. The molecule has 72 valence electrons. The predicted octanol–water partition coefficient (Wildman–Crippen LogP) is 1.17. The Morgan fingerprint density at radius 1 is 1.36 bits per heavy atom. The van der Waals surface area contributed by atoms with Gasteiger partial charge in [-0.15, -0.1) is 0 Å². The number of amides is 1. The number of carbonyl (C=O) groups excluding carboxylic acids is 1. The summed E-state index contributed by atoms with van der Waals surface area (Å²) in [6.07, 6.45) is 2.92. The van der Waals surface area contributed by atoms with Gasteiger partial charge in [-0.3, -0.25) is 4.79 Å². The van der Waals surface area contributed by atoms with E-state index in [9.17, 15) is 4.79 Å². The number of hydrogen-bond donors (Lipinski definition) is 1. The van der Waals surface area contributed by atoms with Crippen molar-refractivity contribution in [3.63, 3.8) is 0 Å². The van der Waals surface area contributed by atoms with Crippen LogP contribution in [0.3, 0.4) is 0 Å². The number of benzene rings is 1. The van der Waals surface area contributed by atoms with Crippen molar-refractivity contribution in [3.8, 4) is 5.75 Å². The SMILES string of the molecule is NC(=O)c1ccc2c(c1)COC=CO2. The molecule has 1 amide bonds. The Hall–Kier alpha value is -1.97. The number of fused-ring (bicyclic) bond motifs is 1. The molecule has 1 aliphatic rings. The van der Waals surface area contributed by atoms with Gasteiger partial charge in [0.2, 0.25) is 5.91 Å². The van der Waals surface area contributed by atoms with E-state index in [1.165, 1.54) is 12.5 Å². The van der Waals surface area contributed by atoms with Gasteiger partial charge in [-0.2, -0.15) is 0 Å². The first-order valence-electron chi connectivity index (χ1n) is 4.13. The quantitative estimate of drug-likeness (QED) is 0.724. The summed E-state index contributed by atoms with van der Waals surface area (Å²) in [5, 5.41) is 0. The van der Waals surface area contributed by atoms with Crippen LogP contribution in [0.25, 0.3) is 0 Å². The Bertz CT molecular complexity index is 398. The van der Waals surface area contributed by atoms with Gasteiger partial charge >= 0.3 is 0 Å². The number of primary amides is 1. The van der Waals surface area contributed by atoms with Gasteiger partial charge in [-0.05, 0) is 18.2 Å². The maximum Gasteiger partial charge on any atom is 0.248 e. The topological polar surface area (TPSA) is 61.6 Å². The summed E-state index contributed by atoms with van der Waals surface area (Å²) in [5.74, 6) is 0.230. The number of carbonyl (C=O) groups is 1. The second-order valence-corrected chi connectivity index (χ2v) is 2.89. The van der Waals surface area contributed by atoms with E-state index < -0.39 is 5.91 Å². The lowest BCUT2D eigenvalue weighted by Crippen LogP contribution is -2.11. The smallest absolute Gasteiger partial charge is 0.248 e. The maximum atomic E-state index is 10.9. The summed E-state index contributed by atoms with van der Waals surface area (Å²) in [6, 6.07) is 5.00. The Morgan fingerprint density at radius 3 is 3.00 bits per heavy atom. The van der Waals surface area contributed by atoms with Gasteiger partial charge in [0.1, 0.15) is 24.9 Å². The van der Waals surface area contributed by atoms with Crippen molar-refractivity contribution in [2.75, 3.05) is 0 Å². The van der Waals surface area contributed by atoms with E-state index >= 15 is 0 Å². The van der Waals surface area contributed by atoms with E-state index in [2.05, 4.69) is 0 Å². The molecule has 0 saturated carbocycles. The third-order valence-electron chi connectivity index (χ3n) is 1.93. The van der Waals surface area contributed by atoms with Crippen LogP contribution >= 0.6 is 0 Å². The van der Waals surface area contributed by atoms with Crippen LogP contribution in [0.4, 0.5) is 0 Å². The molecule has 0 aromatic heterocycles. The van der Waals surface area contributed by atoms with E-state index in [1.54, 1.807) is 18.2 Å². The van der Waals surface area contributed by atoms with Crippen LogP contribution in [-0.2, 0) is 11.3 Å². The summed E-state index contributed by atoms with van der Waals surface area (Å²) in [4.78, 5) is 10.9. The van der Waals surface area contributed by atoms with Crippen LogP contribution in [-0.4, -0.2) is 5.91 Å². The zero-order chi connectivity index (χ0) is 9.97. The second kappa shape index (κ2) is 3.41. The molecule has 2 rings (SSSR count). The minimum Gasteiger partial charge on any atom is -0.493 e. The Morgan fingerprint density at radius 2 is 2.21 bits per heavy atom. The summed E-state index contributed by atoms with van der Waals surface area (Å²) in [7, 11) is 0. The molecular formula is C10H9NO3. The van der Waals surface area contributed by atoms with Gasteiger partial charge in [0, 0.05) is 11.1 Å². The van der Waals surface area contributed by atoms with Gasteiger partial charge < -0.3 is 15.2 Å². The van der Waals surface area contributed by atoms with Gasteiger partial charge in [-0.1, -0.05) is 0 Å². The highest BCUT2D eigenvalue weighted by Crippen LogP contribution is 2.23. The molecule has 1 aromatic rings. The molecular weight excluding hydrogens is 182 g/mol.